The van der Waals surface area contributed by atoms with Gasteiger partial charge in [-0.15, -0.1) is 0 Å². The number of anilines is 2. The van der Waals surface area contributed by atoms with Crippen molar-refractivity contribution >= 4 is 17.3 Å². The van der Waals surface area contributed by atoms with Crippen molar-refractivity contribution < 1.29 is 9.53 Å². The summed E-state index contributed by atoms with van der Waals surface area (Å²) < 4.78 is 5.51. The molecule has 1 amide bonds. The molecule has 3 aliphatic heterocycles. The summed E-state index contributed by atoms with van der Waals surface area (Å²) in [6.45, 7) is 9.05. The van der Waals surface area contributed by atoms with E-state index in [2.05, 4.69) is 61.0 Å². The molecule has 0 aliphatic carbocycles. The van der Waals surface area contributed by atoms with E-state index in [1.54, 1.807) is 0 Å². The standard InChI is InChI=1S/C29H40N4O2/c1-21-19-32(20-22(2)31(21)3)28-7-4-14-30-27(28)18-25-6-5-15-33(29(25)34)26-10-8-23(9-11-26)24-12-16-35-17-13-24/h4,7-11,14,21-22,24-25H,5-6,12-13,15-20H2,1-3H3. The first-order valence-electron chi connectivity index (χ1n) is 13.4. The number of hydrogen-bond acceptors (Lipinski definition) is 5. The number of carbonyl (C=O) groups is 1. The minimum absolute atomic E-state index is 0.0186. The summed E-state index contributed by atoms with van der Waals surface area (Å²) >= 11 is 0. The molecule has 0 saturated carbocycles. The second-order valence-electron chi connectivity index (χ2n) is 10.7. The van der Waals surface area contributed by atoms with E-state index in [4.69, 9.17) is 9.72 Å². The van der Waals surface area contributed by atoms with Crippen molar-refractivity contribution in [1.82, 2.24) is 9.88 Å². The third-order valence-corrected chi connectivity index (χ3v) is 8.45. The van der Waals surface area contributed by atoms with Crippen LogP contribution in [0.3, 0.4) is 0 Å². The molecule has 6 nitrogen and oxygen atoms in total. The summed E-state index contributed by atoms with van der Waals surface area (Å²) in [5.74, 6) is 0.798. The van der Waals surface area contributed by atoms with E-state index in [1.165, 1.54) is 11.3 Å². The fourth-order valence-corrected chi connectivity index (χ4v) is 6.06. The lowest BCUT2D eigenvalue weighted by molar-refractivity contribution is -0.123. The van der Waals surface area contributed by atoms with Crippen LogP contribution in [0.4, 0.5) is 11.4 Å². The highest BCUT2D eigenvalue weighted by Crippen LogP contribution is 2.32. The third kappa shape index (κ3) is 5.24. The molecule has 188 valence electrons. The molecule has 0 radical (unpaired) electrons. The number of piperazine rings is 1. The second kappa shape index (κ2) is 10.7. The smallest absolute Gasteiger partial charge is 0.230 e. The maximum absolute atomic E-state index is 13.6. The number of hydrogen-bond donors (Lipinski definition) is 0. The van der Waals surface area contributed by atoms with Crippen LogP contribution in [0.15, 0.2) is 42.6 Å². The maximum Gasteiger partial charge on any atom is 0.230 e. The zero-order chi connectivity index (χ0) is 24.4. The first-order valence-corrected chi connectivity index (χ1v) is 13.4. The van der Waals surface area contributed by atoms with Gasteiger partial charge in [0.25, 0.3) is 0 Å². The van der Waals surface area contributed by atoms with Gasteiger partial charge in [0.05, 0.1) is 11.4 Å². The zero-order valence-corrected chi connectivity index (χ0v) is 21.5. The number of benzene rings is 1. The topological polar surface area (TPSA) is 48.9 Å². The van der Waals surface area contributed by atoms with E-state index >= 15 is 0 Å². The van der Waals surface area contributed by atoms with Gasteiger partial charge in [0.1, 0.15) is 0 Å². The summed E-state index contributed by atoms with van der Waals surface area (Å²) in [7, 11) is 2.21. The summed E-state index contributed by atoms with van der Waals surface area (Å²) in [4.78, 5) is 25.3. The fourth-order valence-electron chi connectivity index (χ4n) is 6.06. The minimum atomic E-state index is -0.0186. The van der Waals surface area contributed by atoms with Crippen molar-refractivity contribution in [3.05, 3.63) is 53.9 Å². The highest BCUT2D eigenvalue weighted by Gasteiger charge is 2.33. The number of pyridine rings is 1. The van der Waals surface area contributed by atoms with Crippen LogP contribution in [-0.2, 0) is 16.0 Å². The van der Waals surface area contributed by atoms with Gasteiger partial charge in [-0.25, -0.2) is 0 Å². The van der Waals surface area contributed by atoms with Crippen LogP contribution in [0, 0.1) is 5.92 Å². The van der Waals surface area contributed by atoms with Crippen LogP contribution in [0.2, 0.25) is 0 Å². The quantitative estimate of drug-likeness (QED) is 0.636. The predicted octanol–water partition coefficient (Wildman–Crippen LogP) is 4.49. The lowest BCUT2D eigenvalue weighted by Gasteiger charge is -2.44. The molecule has 3 atom stereocenters. The molecule has 5 rings (SSSR count). The van der Waals surface area contributed by atoms with Gasteiger partial charge in [0, 0.05) is 69.2 Å². The van der Waals surface area contributed by atoms with E-state index in [-0.39, 0.29) is 11.8 Å². The third-order valence-electron chi connectivity index (χ3n) is 8.45. The van der Waals surface area contributed by atoms with E-state index < -0.39 is 0 Å². The average molecular weight is 477 g/mol. The molecule has 0 spiro atoms. The van der Waals surface area contributed by atoms with Gasteiger partial charge in [-0.3, -0.25) is 14.7 Å². The normalized spacial score (nSPS) is 26.8. The van der Waals surface area contributed by atoms with Crippen molar-refractivity contribution in [1.29, 1.82) is 0 Å². The molecule has 4 heterocycles. The number of piperidine rings is 1. The molecule has 1 aromatic heterocycles. The summed E-state index contributed by atoms with van der Waals surface area (Å²) in [5, 5.41) is 0. The number of ether oxygens (including phenoxy) is 1. The van der Waals surface area contributed by atoms with Crippen LogP contribution < -0.4 is 9.80 Å². The highest BCUT2D eigenvalue weighted by atomic mass is 16.5. The number of likely N-dealkylation sites (N-methyl/N-ethyl adjacent to an activating group) is 1. The second-order valence-corrected chi connectivity index (χ2v) is 10.7. The molecule has 35 heavy (non-hydrogen) atoms. The summed E-state index contributed by atoms with van der Waals surface area (Å²) in [6, 6.07) is 13.9. The van der Waals surface area contributed by atoms with E-state index in [0.29, 0.717) is 24.4 Å². The number of amides is 1. The average Bonchev–Trinajstić information content (AvgIpc) is 2.89. The van der Waals surface area contributed by atoms with Crippen molar-refractivity contribution in [2.45, 2.75) is 64.0 Å². The molecule has 0 N–H and O–H groups in total. The molecular weight excluding hydrogens is 436 g/mol. The lowest BCUT2D eigenvalue weighted by Crippen LogP contribution is -2.55. The Kier molecular flexibility index (Phi) is 7.40. The Balaban J connectivity index is 1.29. The van der Waals surface area contributed by atoms with Gasteiger partial charge in [0.2, 0.25) is 5.91 Å². The molecule has 3 saturated heterocycles. The number of rotatable bonds is 5. The molecule has 3 unspecified atom stereocenters. The minimum Gasteiger partial charge on any atom is -0.381 e. The number of nitrogens with zero attached hydrogens (tertiary/aromatic N) is 4. The molecule has 3 fully saturated rings. The number of carbonyl (C=O) groups excluding carboxylic acids is 1. The van der Waals surface area contributed by atoms with Crippen molar-refractivity contribution in [2.75, 3.05) is 49.7 Å². The van der Waals surface area contributed by atoms with E-state index in [1.807, 2.05) is 17.2 Å². The Labute approximate surface area is 210 Å². The van der Waals surface area contributed by atoms with Crippen molar-refractivity contribution in [2.24, 2.45) is 5.92 Å². The maximum atomic E-state index is 13.6. The Hall–Kier alpha value is -2.44. The van der Waals surface area contributed by atoms with Gasteiger partial charge in [0.15, 0.2) is 0 Å². The molecule has 3 aliphatic rings. The van der Waals surface area contributed by atoms with Gasteiger partial charge in [-0.2, -0.15) is 0 Å². The Bertz CT molecular complexity index is 992. The van der Waals surface area contributed by atoms with Crippen molar-refractivity contribution in [3.8, 4) is 0 Å². The molecule has 2 aromatic rings. The van der Waals surface area contributed by atoms with Crippen LogP contribution in [-0.4, -0.2) is 67.8 Å². The van der Waals surface area contributed by atoms with Gasteiger partial charge in [-0.05, 0) is 82.3 Å². The largest absolute Gasteiger partial charge is 0.381 e. The summed E-state index contributed by atoms with van der Waals surface area (Å²) in [6.07, 6.45) is 6.72. The predicted molar refractivity (Wildman–Crippen MR) is 141 cm³/mol. The van der Waals surface area contributed by atoms with Gasteiger partial charge >= 0.3 is 0 Å². The Morgan fingerprint density at radius 2 is 1.71 bits per heavy atom. The zero-order valence-electron chi connectivity index (χ0n) is 21.5. The van der Waals surface area contributed by atoms with Crippen LogP contribution in [0.5, 0.6) is 0 Å². The van der Waals surface area contributed by atoms with Gasteiger partial charge in [-0.1, -0.05) is 12.1 Å². The van der Waals surface area contributed by atoms with Crippen LogP contribution in [0.1, 0.15) is 56.7 Å². The molecule has 6 heteroatoms. The summed E-state index contributed by atoms with van der Waals surface area (Å²) in [5.41, 5.74) is 4.65. The lowest BCUT2D eigenvalue weighted by atomic mass is 9.90. The molecule has 0 bridgehead atoms. The Morgan fingerprint density at radius 3 is 2.43 bits per heavy atom. The number of aromatic nitrogens is 1. The Morgan fingerprint density at radius 1 is 1.00 bits per heavy atom. The SMILES string of the molecule is CC1CN(c2cccnc2CC2CCCN(c3ccc(C4CCOCC4)cc3)C2=O)CC(C)N1C. The monoisotopic (exact) mass is 476 g/mol. The fraction of sp³-hybridized carbons (Fsp3) is 0.586. The van der Waals surface area contributed by atoms with Gasteiger partial charge < -0.3 is 14.5 Å². The molecular formula is C29H40N4O2. The molecule has 1 aromatic carbocycles. The highest BCUT2D eigenvalue weighted by molar-refractivity contribution is 5.96. The van der Waals surface area contributed by atoms with Crippen molar-refractivity contribution in [3.63, 3.8) is 0 Å². The first kappa shape index (κ1) is 24.3. The van der Waals surface area contributed by atoms with Crippen LogP contribution in [0.25, 0.3) is 0 Å². The van der Waals surface area contributed by atoms with E-state index in [0.717, 1.165) is 69.9 Å². The van der Waals surface area contributed by atoms with E-state index in [9.17, 15) is 4.79 Å². The first-order chi connectivity index (χ1) is 17.0. The van der Waals surface area contributed by atoms with Crippen LogP contribution >= 0.6 is 0 Å².